The molecule has 1 amide bonds. The molecule has 3 heterocycles. The van der Waals surface area contributed by atoms with E-state index in [0.717, 1.165) is 123 Å². The number of aromatic nitrogens is 2. The van der Waals surface area contributed by atoms with Crippen molar-refractivity contribution in [1.29, 1.82) is 0 Å². The van der Waals surface area contributed by atoms with Crippen LogP contribution in [-0.4, -0.2) is 41.3 Å². The molecule has 7 nitrogen and oxygen atoms in total. The van der Waals surface area contributed by atoms with E-state index < -0.39 is 11.7 Å². The fourth-order valence-electron chi connectivity index (χ4n) is 8.54. The molecule has 5 fully saturated rings. The van der Waals surface area contributed by atoms with Crippen molar-refractivity contribution in [3.63, 3.8) is 0 Å². The number of nitrogens with one attached hydrogen (secondary N) is 1. The highest BCUT2D eigenvalue weighted by atomic mass is 19.4. The Bertz CT molecular complexity index is 1910. The van der Waals surface area contributed by atoms with Gasteiger partial charge >= 0.3 is 6.18 Å². The lowest BCUT2D eigenvalue weighted by molar-refractivity contribution is -0.137. The van der Waals surface area contributed by atoms with Crippen LogP contribution in [0.25, 0.3) is 22.2 Å². The summed E-state index contributed by atoms with van der Waals surface area (Å²) in [6, 6.07) is 14.4. The Hall–Kier alpha value is -4.08. The molecule has 2 aromatic carbocycles. The predicted molar refractivity (Wildman–Crippen MR) is 184 cm³/mol. The van der Waals surface area contributed by atoms with Crippen LogP contribution in [0, 0.1) is 11.3 Å². The molecule has 0 atom stereocenters. The minimum Gasteiger partial charge on any atom is -0.490 e. The molecule has 50 heavy (non-hydrogen) atoms. The number of anilines is 1. The van der Waals surface area contributed by atoms with E-state index in [1.807, 2.05) is 6.07 Å². The normalized spacial score (nSPS) is 20.9. The maximum Gasteiger partial charge on any atom is 0.417 e. The summed E-state index contributed by atoms with van der Waals surface area (Å²) in [7, 11) is 0. The van der Waals surface area contributed by atoms with Crippen molar-refractivity contribution in [1.82, 2.24) is 15.5 Å². The Balaban J connectivity index is 0.881. The number of nitrogens with zero attached hydrogens (tertiary/aromatic N) is 3. The van der Waals surface area contributed by atoms with Crippen LogP contribution >= 0.6 is 0 Å². The lowest BCUT2D eigenvalue weighted by atomic mass is 9.56. The fraction of sp³-hybridized carbons (Fsp3) is 0.525. The number of pyridine rings is 1. The molecule has 0 unspecified atom stereocenters. The molecule has 1 spiro atoms. The molecular weight excluding hydrogens is 641 g/mol. The van der Waals surface area contributed by atoms with E-state index in [4.69, 9.17) is 14.2 Å². The summed E-state index contributed by atoms with van der Waals surface area (Å²) < 4.78 is 54.1. The Kier molecular flexibility index (Phi) is 7.84. The van der Waals surface area contributed by atoms with Crippen LogP contribution in [0.1, 0.15) is 99.1 Å². The van der Waals surface area contributed by atoms with Gasteiger partial charge in [0, 0.05) is 53.3 Å². The quantitative estimate of drug-likeness (QED) is 0.180. The number of amides is 1. The number of fused-ring (bicyclic) bond motifs is 1. The Labute approximate surface area is 289 Å². The molecule has 1 N–H and O–H groups in total. The second kappa shape index (κ2) is 12.3. The average molecular weight is 685 g/mol. The van der Waals surface area contributed by atoms with Gasteiger partial charge in [-0.25, -0.2) is 0 Å². The van der Waals surface area contributed by atoms with Gasteiger partial charge in [0.25, 0.3) is 0 Å². The monoisotopic (exact) mass is 684 g/mol. The molecule has 0 radical (unpaired) electrons. The van der Waals surface area contributed by atoms with E-state index in [0.29, 0.717) is 24.1 Å². The van der Waals surface area contributed by atoms with Crippen molar-refractivity contribution in [2.45, 2.75) is 108 Å². The third-order valence-corrected chi connectivity index (χ3v) is 11.8. The van der Waals surface area contributed by atoms with Crippen LogP contribution in [-0.2, 0) is 23.8 Å². The fourth-order valence-corrected chi connectivity index (χ4v) is 8.54. The molecule has 2 aromatic heterocycles. The molecule has 10 heteroatoms. The van der Waals surface area contributed by atoms with Gasteiger partial charge in [-0.05, 0) is 113 Å². The van der Waals surface area contributed by atoms with Gasteiger partial charge in [0.2, 0.25) is 5.91 Å². The molecule has 4 aromatic rings. The summed E-state index contributed by atoms with van der Waals surface area (Å²) in [6.45, 7) is 1.91. The summed E-state index contributed by atoms with van der Waals surface area (Å²) >= 11 is 0. The highest BCUT2D eigenvalue weighted by molar-refractivity contribution is 5.89. The first-order valence-electron chi connectivity index (χ1n) is 18.5. The zero-order chi connectivity index (χ0) is 34.0. The number of hydrogen-bond acceptors (Lipinski definition) is 6. The second-order valence-corrected chi connectivity index (χ2v) is 15.7. The number of carbonyl (C=O) groups is 1. The van der Waals surface area contributed by atoms with Crippen LogP contribution in [0.4, 0.5) is 18.9 Å². The largest absolute Gasteiger partial charge is 0.490 e. The smallest absolute Gasteiger partial charge is 0.417 e. The summed E-state index contributed by atoms with van der Waals surface area (Å²) in [4.78, 5) is 19.9. The summed E-state index contributed by atoms with van der Waals surface area (Å²) in [5.74, 6) is 2.32. The molecule has 4 aliphatic carbocycles. The molecule has 1 aliphatic heterocycles. The number of ether oxygens (including phenoxy) is 1. The number of alkyl halides is 3. The molecule has 262 valence electrons. The summed E-state index contributed by atoms with van der Waals surface area (Å²) in [6.07, 6.45) is 8.47. The van der Waals surface area contributed by atoms with Gasteiger partial charge in [-0.3, -0.25) is 9.78 Å². The van der Waals surface area contributed by atoms with Crippen LogP contribution in [0.2, 0.25) is 0 Å². The summed E-state index contributed by atoms with van der Waals surface area (Å²) in [5.41, 5.74) is 3.75. The number of benzene rings is 2. The molecule has 9 rings (SSSR count). The number of halogens is 3. The minimum atomic E-state index is -4.45. The SMILES string of the molecule is O=C(Cc1cc(OC2CCC2)c2cc(N3CCC4(CC3)CC(Cc3c(-c5ccccc5C(F)(F)F)noc3C3CC3)C4)ccc2n1)NC1CC1. The first-order valence-corrected chi connectivity index (χ1v) is 18.5. The van der Waals surface area contributed by atoms with Gasteiger partial charge in [-0.15, -0.1) is 0 Å². The van der Waals surface area contributed by atoms with E-state index in [-0.39, 0.29) is 35.3 Å². The first-order chi connectivity index (χ1) is 24.2. The maximum atomic E-state index is 13.9. The molecule has 4 saturated carbocycles. The van der Waals surface area contributed by atoms with E-state index in [1.54, 1.807) is 6.07 Å². The molecular formula is C40H43F3N4O3. The van der Waals surface area contributed by atoms with Crippen LogP contribution in [0.15, 0.2) is 53.1 Å². The number of rotatable bonds is 10. The Morgan fingerprint density at radius 1 is 1.00 bits per heavy atom. The molecule has 5 aliphatic rings. The van der Waals surface area contributed by atoms with Crippen molar-refractivity contribution < 1.29 is 27.2 Å². The number of carbonyl (C=O) groups excluding carboxylic acids is 1. The first kappa shape index (κ1) is 31.9. The third-order valence-electron chi connectivity index (χ3n) is 11.8. The zero-order valence-corrected chi connectivity index (χ0v) is 28.2. The van der Waals surface area contributed by atoms with E-state index >= 15 is 0 Å². The number of hydrogen-bond donors (Lipinski definition) is 1. The van der Waals surface area contributed by atoms with Crippen molar-refractivity contribution in [2.75, 3.05) is 18.0 Å². The zero-order valence-electron chi connectivity index (χ0n) is 28.2. The number of piperidine rings is 1. The maximum absolute atomic E-state index is 13.9. The highest BCUT2D eigenvalue weighted by Gasteiger charge is 2.47. The van der Waals surface area contributed by atoms with Crippen LogP contribution in [0.3, 0.4) is 0 Å². The minimum absolute atomic E-state index is 0.0167. The third kappa shape index (κ3) is 6.35. The Morgan fingerprint density at radius 2 is 1.78 bits per heavy atom. The Morgan fingerprint density at radius 3 is 2.48 bits per heavy atom. The van der Waals surface area contributed by atoms with Gasteiger partial charge in [-0.2, -0.15) is 13.2 Å². The molecule has 0 bridgehead atoms. The van der Waals surface area contributed by atoms with Crippen molar-refractivity contribution in [3.05, 3.63) is 71.1 Å². The lowest BCUT2D eigenvalue weighted by Gasteiger charge is -2.53. The van der Waals surface area contributed by atoms with Crippen LogP contribution < -0.4 is 15.0 Å². The van der Waals surface area contributed by atoms with E-state index in [9.17, 15) is 18.0 Å². The van der Waals surface area contributed by atoms with Crippen molar-refractivity contribution in [2.24, 2.45) is 11.3 Å². The highest BCUT2D eigenvalue weighted by Crippen LogP contribution is 2.55. The summed E-state index contributed by atoms with van der Waals surface area (Å²) in [5, 5.41) is 8.31. The standard InChI is InChI=1S/C40H43F3N4O3/c41-40(42,43)33-7-2-1-6-30(33)37-32(38(50-46-37)25-8-9-25)18-24-22-39(23-24)14-16-47(17-15-39)28-12-13-34-31(21-28)35(49-29-4-3-5-29)19-27(44-34)20-36(48)45-26-10-11-26/h1-2,6-7,12-13,19,21,24-26,29H,3-5,8-11,14-18,20,22-23H2,(H,45,48). The van der Waals surface area contributed by atoms with Gasteiger partial charge in [0.05, 0.1) is 29.3 Å². The average Bonchev–Trinajstić information content (AvgIpc) is 4.01. The topological polar surface area (TPSA) is 80.5 Å². The lowest BCUT2D eigenvalue weighted by Crippen LogP contribution is -2.47. The molecule has 1 saturated heterocycles. The van der Waals surface area contributed by atoms with Gasteiger partial charge in [0.15, 0.2) is 0 Å². The van der Waals surface area contributed by atoms with Gasteiger partial charge in [0.1, 0.15) is 17.2 Å². The van der Waals surface area contributed by atoms with E-state index in [1.165, 1.54) is 18.6 Å². The van der Waals surface area contributed by atoms with Gasteiger partial charge in [-0.1, -0.05) is 23.4 Å². The predicted octanol–water partition coefficient (Wildman–Crippen LogP) is 8.78. The van der Waals surface area contributed by atoms with Crippen molar-refractivity contribution >= 4 is 22.5 Å². The van der Waals surface area contributed by atoms with Crippen molar-refractivity contribution in [3.8, 4) is 17.0 Å². The van der Waals surface area contributed by atoms with Crippen LogP contribution in [0.5, 0.6) is 5.75 Å². The second-order valence-electron chi connectivity index (χ2n) is 15.7. The van der Waals surface area contributed by atoms with Gasteiger partial charge < -0.3 is 19.5 Å². The van der Waals surface area contributed by atoms with E-state index in [2.05, 4.69) is 33.6 Å².